The second-order valence-electron chi connectivity index (χ2n) is 8.34. The lowest BCUT2D eigenvalue weighted by atomic mass is 9.95. The fourth-order valence-electron chi connectivity index (χ4n) is 5.05. The molecule has 2 bridgehead atoms. The Morgan fingerprint density at radius 3 is 2.78 bits per heavy atom. The monoisotopic (exact) mass is 360 g/mol. The summed E-state index contributed by atoms with van der Waals surface area (Å²) < 4.78 is 2.38. The summed E-state index contributed by atoms with van der Waals surface area (Å²) in [4.78, 5) is 9.68. The van der Waals surface area contributed by atoms with Crippen molar-refractivity contribution in [1.29, 1.82) is 0 Å². The van der Waals surface area contributed by atoms with Crippen LogP contribution in [0.2, 0.25) is 0 Å². The molecule has 0 unspecified atom stereocenters. The summed E-state index contributed by atoms with van der Waals surface area (Å²) >= 11 is 0. The van der Waals surface area contributed by atoms with Crippen molar-refractivity contribution in [3.63, 3.8) is 0 Å². The Balaban J connectivity index is 1.33. The van der Waals surface area contributed by atoms with Crippen LogP contribution in [-0.2, 0) is 20.1 Å². The molecule has 3 saturated heterocycles. The summed E-state index contributed by atoms with van der Waals surface area (Å²) in [7, 11) is 2.21. The van der Waals surface area contributed by atoms with E-state index in [4.69, 9.17) is 0 Å². The Kier molecular flexibility index (Phi) is 4.46. The molecular weight excluding hydrogens is 332 g/mol. The number of hydrogen-bond donors (Lipinski definition) is 0. The molecule has 3 aliphatic rings. The van der Waals surface area contributed by atoms with Gasteiger partial charge in [-0.05, 0) is 47.9 Å². The highest BCUT2D eigenvalue weighted by Gasteiger charge is 2.35. The van der Waals surface area contributed by atoms with Crippen molar-refractivity contribution in [2.24, 2.45) is 13.0 Å². The highest BCUT2D eigenvalue weighted by Crippen LogP contribution is 2.30. The number of hydrogen-bond acceptors (Lipinski definition) is 3. The topological polar surface area (TPSA) is 24.3 Å². The lowest BCUT2D eigenvalue weighted by Crippen LogP contribution is -2.43. The Morgan fingerprint density at radius 2 is 1.93 bits per heavy atom. The number of piperidine rings is 1. The average molecular weight is 361 g/mol. The quantitative estimate of drug-likeness (QED) is 0.709. The SMILES string of the molecule is Cn1c(CN2C[C@H]3CC[C@@H]2CN(Cc2cccnc2)C3)cc2ccccc21. The van der Waals surface area contributed by atoms with Crippen LogP contribution < -0.4 is 0 Å². The van der Waals surface area contributed by atoms with E-state index in [0.29, 0.717) is 6.04 Å². The standard InChI is InChI=1S/C23H28N4/c1-25-22(11-20-6-2-3-7-23(20)25)17-27-15-19-8-9-21(27)16-26(14-19)13-18-5-4-10-24-12-18/h2-7,10-12,19,21H,8-9,13-17H2,1H3/t19-,21+/m0/s1. The lowest BCUT2D eigenvalue weighted by molar-refractivity contribution is 0.120. The maximum atomic E-state index is 4.29. The van der Waals surface area contributed by atoms with Crippen molar-refractivity contribution in [2.45, 2.75) is 32.0 Å². The van der Waals surface area contributed by atoms with Gasteiger partial charge in [0.25, 0.3) is 0 Å². The molecule has 0 amide bonds. The zero-order valence-corrected chi connectivity index (χ0v) is 16.1. The first-order valence-corrected chi connectivity index (χ1v) is 10.1. The molecule has 2 aromatic heterocycles. The number of aromatic nitrogens is 2. The summed E-state index contributed by atoms with van der Waals surface area (Å²) in [5, 5.41) is 1.35. The first-order chi connectivity index (χ1) is 13.3. The van der Waals surface area contributed by atoms with Crippen LogP contribution in [-0.4, -0.2) is 45.0 Å². The van der Waals surface area contributed by atoms with Gasteiger partial charge in [0.15, 0.2) is 0 Å². The van der Waals surface area contributed by atoms with Crippen molar-refractivity contribution in [2.75, 3.05) is 19.6 Å². The van der Waals surface area contributed by atoms with Gasteiger partial charge in [0.1, 0.15) is 0 Å². The fraction of sp³-hybridized carbons (Fsp3) is 0.435. The second-order valence-corrected chi connectivity index (χ2v) is 8.34. The molecule has 0 N–H and O–H groups in total. The van der Waals surface area contributed by atoms with Crippen LogP contribution in [0.3, 0.4) is 0 Å². The number of aryl methyl sites for hydroxylation is 1. The molecule has 3 aliphatic heterocycles. The lowest BCUT2D eigenvalue weighted by Gasteiger charge is -2.36. The van der Waals surface area contributed by atoms with Crippen molar-refractivity contribution in [3.05, 3.63) is 66.1 Å². The Bertz CT molecular complexity index is 917. The number of rotatable bonds is 4. The summed E-state index contributed by atoms with van der Waals surface area (Å²) in [5.74, 6) is 0.787. The molecule has 3 fully saturated rings. The molecule has 0 spiro atoms. The van der Waals surface area contributed by atoms with Crippen LogP contribution in [0.25, 0.3) is 10.9 Å². The van der Waals surface area contributed by atoms with Gasteiger partial charge in [0, 0.05) is 69.4 Å². The van der Waals surface area contributed by atoms with Crippen LogP contribution in [0.1, 0.15) is 24.1 Å². The molecule has 1 aromatic carbocycles. The van der Waals surface area contributed by atoms with E-state index >= 15 is 0 Å². The summed E-state index contributed by atoms with van der Waals surface area (Å²) in [6.45, 7) is 5.72. The Labute approximate surface area is 161 Å². The normalized spacial score (nSPS) is 23.7. The zero-order chi connectivity index (χ0) is 18.2. The number of para-hydroxylation sites is 1. The van der Waals surface area contributed by atoms with E-state index in [0.717, 1.165) is 19.0 Å². The van der Waals surface area contributed by atoms with Gasteiger partial charge in [-0.2, -0.15) is 0 Å². The minimum atomic E-state index is 0.665. The molecule has 4 nitrogen and oxygen atoms in total. The molecule has 27 heavy (non-hydrogen) atoms. The molecule has 0 radical (unpaired) electrons. The molecule has 6 rings (SSSR count). The van der Waals surface area contributed by atoms with Gasteiger partial charge in [-0.25, -0.2) is 0 Å². The summed E-state index contributed by atoms with van der Waals surface area (Å²) in [5.41, 5.74) is 4.10. The molecule has 4 heteroatoms. The molecule has 5 heterocycles. The summed E-state index contributed by atoms with van der Waals surface area (Å²) in [6.07, 6.45) is 6.58. The minimum absolute atomic E-state index is 0.665. The number of benzene rings is 1. The first kappa shape index (κ1) is 17.0. The van der Waals surface area contributed by atoms with E-state index in [1.807, 2.05) is 18.5 Å². The Hall–Kier alpha value is -2.17. The predicted octanol–water partition coefficient (Wildman–Crippen LogP) is 3.67. The number of fused-ring (bicyclic) bond motifs is 5. The summed E-state index contributed by atoms with van der Waals surface area (Å²) in [6, 6.07) is 16.0. The second kappa shape index (κ2) is 7.10. The van der Waals surface area contributed by atoms with Crippen molar-refractivity contribution in [3.8, 4) is 0 Å². The third-order valence-corrected chi connectivity index (χ3v) is 6.45. The third kappa shape index (κ3) is 3.40. The van der Waals surface area contributed by atoms with Gasteiger partial charge in [-0.3, -0.25) is 14.8 Å². The van der Waals surface area contributed by atoms with E-state index in [-0.39, 0.29) is 0 Å². The van der Waals surface area contributed by atoms with Gasteiger partial charge >= 0.3 is 0 Å². The fourth-order valence-corrected chi connectivity index (χ4v) is 5.05. The average Bonchev–Trinajstić information content (AvgIpc) is 2.83. The number of nitrogens with zero attached hydrogens (tertiary/aromatic N) is 4. The van der Waals surface area contributed by atoms with E-state index in [1.165, 1.54) is 54.6 Å². The largest absolute Gasteiger partial charge is 0.346 e. The maximum absolute atomic E-state index is 4.29. The maximum Gasteiger partial charge on any atom is 0.0480 e. The van der Waals surface area contributed by atoms with Gasteiger partial charge in [0.05, 0.1) is 0 Å². The minimum Gasteiger partial charge on any atom is -0.346 e. The van der Waals surface area contributed by atoms with Crippen molar-refractivity contribution < 1.29 is 0 Å². The molecule has 140 valence electrons. The van der Waals surface area contributed by atoms with Crippen LogP contribution >= 0.6 is 0 Å². The van der Waals surface area contributed by atoms with E-state index in [2.05, 4.69) is 62.8 Å². The highest BCUT2D eigenvalue weighted by atomic mass is 15.3. The van der Waals surface area contributed by atoms with Gasteiger partial charge in [0.2, 0.25) is 0 Å². The molecule has 0 aliphatic carbocycles. The van der Waals surface area contributed by atoms with E-state index < -0.39 is 0 Å². The molecular formula is C23H28N4. The molecule has 2 atom stereocenters. The molecule has 3 aromatic rings. The van der Waals surface area contributed by atoms with E-state index in [1.54, 1.807) is 0 Å². The molecule has 0 saturated carbocycles. The predicted molar refractivity (Wildman–Crippen MR) is 109 cm³/mol. The van der Waals surface area contributed by atoms with Crippen LogP contribution in [0, 0.1) is 5.92 Å². The first-order valence-electron chi connectivity index (χ1n) is 10.1. The van der Waals surface area contributed by atoms with Gasteiger partial charge in [-0.15, -0.1) is 0 Å². The third-order valence-electron chi connectivity index (χ3n) is 6.45. The highest BCUT2D eigenvalue weighted by molar-refractivity contribution is 5.81. The Morgan fingerprint density at radius 1 is 1.00 bits per heavy atom. The van der Waals surface area contributed by atoms with Crippen LogP contribution in [0.15, 0.2) is 54.9 Å². The smallest absolute Gasteiger partial charge is 0.0480 e. The van der Waals surface area contributed by atoms with Crippen LogP contribution in [0.5, 0.6) is 0 Å². The van der Waals surface area contributed by atoms with Gasteiger partial charge in [-0.1, -0.05) is 24.3 Å². The van der Waals surface area contributed by atoms with Crippen LogP contribution in [0.4, 0.5) is 0 Å². The number of pyridine rings is 1. The zero-order valence-electron chi connectivity index (χ0n) is 16.1. The van der Waals surface area contributed by atoms with Gasteiger partial charge < -0.3 is 4.57 Å². The van der Waals surface area contributed by atoms with Crippen molar-refractivity contribution in [1.82, 2.24) is 19.4 Å². The van der Waals surface area contributed by atoms with Crippen molar-refractivity contribution >= 4 is 10.9 Å². The van der Waals surface area contributed by atoms with E-state index in [9.17, 15) is 0 Å².